The maximum Gasteiger partial charge on any atom is 0.171 e. The van der Waals surface area contributed by atoms with Crippen LogP contribution in [-0.2, 0) is 5.54 Å². The molecule has 2 aromatic carbocycles. The first kappa shape index (κ1) is 16.7. The Morgan fingerprint density at radius 1 is 1.08 bits per heavy atom. The summed E-state index contributed by atoms with van der Waals surface area (Å²) in [6.07, 6.45) is 4.28. The Morgan fingerprint density at radius 3 is 2.38 bits per heavy atom. The van der Waals surface area contributed by atoms with Gasteiger partial charge in [0.2, 0.25) is 0 Å². The number of para-hydroxylation sites is 1. The molecular weight excluding hydrogens is 323 g/mol. The second kappa shape index (κ2) is 7.18. The zero-order valence-electron chi connectivity index (χ0n) is 13.6. The van der Waals surface area contributed by atoms with Crippen molar-refractivity contribution in [2.75, 3.05) is 12.4 Å². The van der Waals surface area contributed by atoms with Gasteiger partial charge in [-0.3, -0.25) is 0 Å². The number of methoxy groups -OCH3 is 1. The van der Waals surface area contributed by atoms with Crippen LogP contribution < -0.4 is 15.4 Å². The van der Waals surface area contributed by atoms with Gasteiger partial charge >= 0.3 is 0 Å². The second-order valence-electron chi connectivity index (χ2n) is 6.08. The van der Waals surface area contributed by atoms with Crippen molar-refractivity contribution in [3.8, 4) is 5.75 Å². The third kappa shape index (κ3) is 3.51. The first-order valence-corrected chi connectivity index (χ1v) is 8.52. The van der Waals surface area contributed by atoms with Crippen LogP contribution in [0, 0.1) is 5.82 Å². The number of anilines is 1. The number of halogens is 1. The average Bonchev–Trinajstić information content (AvgIpc) is 3.06. The number of hydrogen-bond donors (Lipinski definition) is 2. The molecule has 0 atom stereocenters. The Balaban J connectivity index is 1.78. The van der Waals surface area contributed by atoms with E-state index in [1.54, 1.807) is 25.3 Å². The minimum Gasteiger partial charge on any atom is -0.497 e. The van der Waals surface area contributed by atoms with Gasteiger partial charge in [0.15, 0.2) is 5.11 Å². The Bertz CT molecular complexity index is 712. The normalized spacial score (nSPS) is 15.8. The molecule has 0 amide bonds. The summed E-state index contributed by atoms with van der Waals surface area (Å²) in [6, 6.07) is 14.6. The van der Waals surface area contributed by atoms with Crippen molar-refractivity contribution in [3.05, 3.63) is 59.9 Å². The number of ether oxygens (including phenoxy) is 1. The van der Waals surface area contributed by atoms with Crippen molar-refractivity contribution in [2.45, 2.75) is 31.2 Å². The van der Waals surface area contributed by atoms with Crippen LogP contribution in [0.4, 0.5) is 10.1 Å². The highest BCUT2D eigenvalue weighted by atomic mass is 32.1. The topological polar surface area (TPSA) is 33.3 Å². The van der Waals surface area contributed by atoms with Crippen molar-refractivity contribution >= 4 is 23.0 Å². The minimum absolute atomic E-state index is 0.207. The summed E-state index contributed by atoms with van der Waals surface area (Å²) in [7, 11) is 1.66. The van der Waals surface area contributed by atoms with Gasteiger partial charge in [-0.2, -0.15) is 0 Å². The van der Waals surface area contributed by atoms with E-state index in [-0.39, 0.29) is 11.4 Å². The van der Waals surface area contributed by atoms with Crippen LogP contribution in [0.5, 0.6) is 5.75 Å². The van der Waals surface area contributed by atoms with E-state index in [0.29, 0.717) is 10.8 Å². The van der Waals surface area contributed by atoms with Crippen LogP contribution in [-0.4, -0.2) is 12.2 Å². The molecule has 24 heavy (non-hydrogen) atoms. The second-order valence-corrected chi connectivity index (χ2v) is 6.48. The van der Waals surface area contributed by atoms with E-state index < -0.39 is 0 Å². The van der Waals surface area contributed by atoms with Crippen LogP contribution in [0.3, 0.4) is 0 Å². The molecule has 126 valence electrons. The zero-order chi connectivity index (χ0) is 17.0. The molecule has 3 nitrogen and oxygen atoms in total. The van der Waals surface area contributed by atoms with Crippen molar-refractivity contribution in [2.24, 2.45) is 0 Å². The van der Waals surface area contributed by atoms with Crippen molar-refractivity contribution in [1.29, 1.82) is 0 Å². The first-order chi connectivity index (χ1) is 11.6. The van der Waals surface area contributed by atoms with Crippen LogP contribution >= 0.6 is 12.2 Å². The van der Waals surface area contributed by atoms with Crippen LogP contribution in [0.25, 0.3) is 0 Å². The molecule has 2 N–H and O–H groups in total. The standard InChI is InChI=1S/C19H21FN2OS/c1-23-15-10-8-14(9-11-15)19(12-4-5-13-19)22-18(24)21-17-7-3-2-6-16(17)20/h2-3,6-11H,4-5,12-13H2,1H3,(H2,21,22,24). The lowest BCUT2D eigenvalue weighted by molar-refractivity contribution is 0.401. The van der Waals surface area contributed by atoms with Crippen molar-refractivity contribution in [3.63, 3.8) is 0 Å². The molecule has 1 saturated carbocycles. The summed E-state index contributed by atoms with van der Waals surface area (Å²) in [5.41, 5.74) is 1.36. The Kier molecular flexibility index (Phi) is 5.00. The molecule has 1 aliphatic rings. The van der Waals surface area contributed by atoms with E-state index >= 15 is 0 Å². The smallest absolute Gasteiger partial charge is 0.171 e. The highest BCUT2D eigenvalue weighted by Crippen LogP contribution is 2.39. The van der Waals surface area contributed by atoms with E-state index in [1.165, 1.54) is 11.6 Å². The van der Waals surface area contributed by atoms with Gasteiger partial charge in [0.05, 0.1) is 18.3 Å². The lowest BCUT2D eigenvalue weighted by Crippen LogP contribution is -2.45. The molecule has 0 aromatic heterocycles. The molecule has 2 aromatic rings. The SMILES string of the molecule is COc1ccc(C2(NC(=S)Nc3ccccc3F)CCCC2)cc1. The molecule has 0 bridgehead atoms. The fourth-order valence-corrected chi connectivity index (χ4v) is 3.61. The summed E-state index contributed by atoms with van der Waals surface area (Å²) in [4.78, 5) is 0. The van der Waals surface area contributed by atoms with Crippen molar-refractivity contribution < 1.29 is 9.13 Å². The zero-order valence-corrected chi connectivity index (χ0v) is 14.5. The minimum atomic E-state index is -0.313. The third-order valence-corrected chi connectivity index (χ3v) is 4.78. The number of hydrogen-bond acceptors (Lipinski definition) is 2. The van der Waals surface area contributed by atoms with Gasteiger partial charge in [-0.25, -0.2) is 4.39 Å². The highest BCUT2D eigenvalue weighted by Gasteiger charge is 2.36. The highest BCUT2D eigenvalue weighted by molar-refractivity contribution is 7.80. The predicted octanol–water partition coefficient (Wildman–Crippen LogP) is 4.59. The number of rotatable bonds is 4. The molecular formula is C19H21FN2OS. The van der Waals surface area contributed by atoms with Gasteiger partial charge in [-0.15, -0.1) is 0 Å². The lowest BCUT2D eigenvalue weighted by atomic mass is 9.88. The summed E-state index contributed by atoms with van der Waals surface area (Å²) < 4.78 is 19.0. The van der Waals surface area contributed by atoms with Gasteiger partial charge in [0.25, 0.3) is 0 Å². The monoisotopic (exact) mass is 344 g/mol. The molecule has 1 aliphatic carbocycles. The van der Waals surface area contributed by atoms with Crippen LogP contribution in [0.1, 0.15) is 31.2 Å². The maximum absolute atomic E-state index is 13.8. The van der Waals surface area contributed by atoms with E-state index in [4.69, 9.17) is 17.0 Å². The van der Waals surface area contributed by atoms with E-state index in [1.807, 2.05) is 12.1 Å². The number of nitrogens with one attached hydrogen (secondary N) is 2. The predicted molar refractivity (Wildman–Crippen MR) is 98.9 cm³/mol. The maximum atomic E-state index is 13.8. The molecule has 0 unspecified atom stereocenters. The molecule has 0 aliphatic heterocycles. The van der Waals surface area contributed by atoms with Gasteiger partial charge in [0, 0.05) is 0 Å². The Morgan fingerprint density at radius 2 is 1.75 bits per heavy atom. The Labute approximate surface area is 147 Å². The fourth-order valence-electron chi connectivity index (χ4n) is 3.31. The molecule has 1 fully saturated rings. The number of benzene rings is 2. The first-order valence-electron chi connectivity index (χ1n) is 8.11. The molecule has 5 heteroatoms. The van der Waals surface area contributed by atoms with Crippen LogP contribution in [0.15, 0.2) is 48.5 Å². The quantitative estimate of drug-likeness (QED) is 0.795. The lowest BCUT2D eigenvalue weighted by Gasteiger charge is -2.32. The summed E-state index contributed by atoms with van der Waals surface area (Å²) in [5, 5.41) is 6.85. The molecule has 0 heterocycles. The van der Waals surface area contributed by atoms with Gasteiger partial charge in [-0.1, -0.05) is 37.1 Å². The van der Waals surface area contributed by atoms with Crippen LogP contribution in [0.2, 0.25) is 0 Å². The summed E-state index contributed by atoms with van der Waals surface area (Å²) >= 11 is 5.44. The van der Waals surface area contributed by atoms with E-state index in [0.717, 1.165) is 31.4 Å². The Hall–Kier alpha value is -2.14. The van der Waals surface area contributed by atoms with Gasteiger partial charge < -0.3 is 15.4 Å². The average molecular weight is 344 g/mol. The summed E-state index contributed by atoms with van der Waals surface area (Å²) in [5.74, 6) is 0.519. The fraction of sp³-hybridized carbons (Fsp3) is 0.316. The largest absolute Gasteiger partial charge is 0.497 e. The third-order valence-electron chi connectivity index (χ3n) is 4.57. The molecule has 0 spiro atoms. The van der Waals surface area contributed by atoms with E-state index in [9.17, 15) is 4.39 Å². The van der Waals surface area contributed by atoms with Gasteiger partial charge in [-0.05, 0) is 54.9 Å². The summed E-state index contributed by atoms with van der Waals surface area (Å²) in [6.45, 7) is 0. The van der Waals surface area contributed by atoms with Gasteiger partial charge in [0.1, 0.15) is 11.6 Å². The van der Waals surface area contributed by atoms with E-state index in [2.05, 4.69) is 22.8 Å². The molecule has 0 radical (unpaired) electrons. The molecule has 0 saturated heterocycles. The number of thiocarbonyl (C=S) groups is 1. The molecule has 3 rings (SSSR count). The van der Waals surface area contributed by atoms with Crippen molar-refractivity contribution in [1.82, 2.24) is 5.32 Å².